The number of nitriles is 1. The maximum Gasteiger partial charge on any atom is 0.216 e. The average molecular weight is 349 g/mol. The third-order valence-corrected chi connectivity index (χ3v) is 5.31. The molecule has 5 rings (SSSR count). The molecule has 0 aliphatic heterocycles. The Kier molecular flexibility index (Phi) is 3.29. The van der Waals surface area contributed by atoms with E-state index in [-0.39, 0.29) is 0 Å². The molecule has 0 saturated heterocycles. The van der Waals surface area contributed by atoms with Crippen LogP contribution in [0.2, 0.25) is 0 Å². The summed E-state index contributed by atoms with van der Waals surface area (Å²) >= 11 is 0. The van der Waals surface area contributed by atoms with Crippen molar-refractivity contribution in [2.75, 3.05) is 0 Å². The molecule has 0 aliphatic carbocycles. The van der Waals surface area contributed by atoms with E-state index in [0.717, 1.165) is 38.8 Å². The van der Waals surface area contributed by atoms with E-state index in [9.17, 15) is 5.26 Å². The lowest BCUT2D eigenvalue weighted by Gasteiger charge is -2.07. The highest BCUT2D eigenvalue weighted by molar-refractivity contribution is 6.10. The Balaban J connectivity index is 1.90. The predicted molar refractivity (Wildman–Crippen MR) is 107 cm³/mol. The number of furan rings is 1. The van der Waals surface area contributed by atoms with Gasteiger partial charge >= 0.3 is 0 Å². The van der Waals surface area contributed by atoms with Crippen molar-refractivity contribution in [1.29, 1.82) is 5.26 Å². The Morgan fingerprint density at radius 3 is 2.63 bits per heavy atom. The average Bonchev–Trinajstić information content (AvgIpc) is 3.06. The zero-order valence-corrected chi connectivity index (χ0v) is 15.2. The maximum atomic E-state index is 9.24. The van der Waals surface area contributed by atoms with E-state index in [1.165, 1.54) is 10.9 Å². The summed E-state index contributed by atoms with van der Waals surface area (Å²) < 4.78 is 8.48. The molecule has 5 aromatic rings. The maximum absolute atomic E-state index is 9.24. The van der Waals surface area contributed by atoms with Crippen molar-refractivity contribution in [2.24, 2.45) is 7.05 Å². The molecule has 128 valence electrons. The van der Waals surface area contributed by atoms with Gasteiger partial charge in [-0.1, -0.05) is 24.3 Å². The first-order chi connectivity index (χ1) is 13.2. The van der Waals surface area contributed by atoms with Crippen LogP contribution in [0.5, 0.6) is 0 Å². The fraction of sp³-hybridized carbons (Fsp3) is 0.0833. The Labute approximate surface area is 156 Å². The summed E-state index contributed by atoms with van der Waals surface area (Å²) in [5, 5.41) is 12.5. The van der Waals surface area contributed by atoms with Crippen LogP contribution in [0.3, 0.4) is 0 Å². The number of aryl methyl sites for hydroxylation is 2. The number of rotatable bonds is 1. The topological polar surface area (TPSA) is 40.8 Å². The molecule has 0 unspecified atom stereocenters. The summed E-state index contributed by atoms with van der Waals surface area (Å²) in [6, 6.07) is 24.7. The van der Waals surface area contributed by atoms with Gasteiger partial charge in [-0.15, -0.1) is 0 Å². The minimum Gasteiger partial charge on any atom is -0.455 e. The monoisotopic (exact) mass is 349 g/mol. The lowest BCUT2D eigenvalue weighted by Crippen LogP contribution is -2.32. The molecule has 0 atom stereocenters. The second-order valence-corrected chi connectivity index (χ2v) is 6.90. The molecule has 0 saturated carbocycles. The van der Waals surface area contributed by atoms with E-state index in [1.54, 1.807) is 6.07 Å². The number of fused-ring (bicyclic) bond motifs is 4. The quantitative estimate of drug-likeness (QED) is 0.380. The van der Waals surface area contributed by atoms with Crippen molar-refractivity contribution >= 4 is 32.8 Å². The van der Waals surface area contributed by atoms with Crippen LogP contribution in [-0.4, -0.2) is 0 Å². The molecule has 0 amide bonds. The molecular formula is C24H17N2O+. The zero-order valence-electron chi connectivity index (χ0n) is 15.2. The summed E-state index contributed by atoms with van der Waals surface area (Å²) in [6.07, 6.45) is 0. The molecule has 0 N–H and O–H groups in total. The number of nitrogens with zero attached hydrogens (tertiary/aromatic N) is 2. The smallest absolute Gasteiger partial charge is 0.216 e. The molecule has 0 spiro atoms. The molecule has 2 heterocycles. The lowest BCUT2D eigenvalue weighted by molar-refractivity contribution is -0.633. The van der Waals surface area contributed by atoms with Crippen LogP contribution < -0.4 is 4.57 Å². The van der Waals surface area contributed by atoms with Crippen LogP contribution in [0.4, 0.5) is 0 Å². The summed E-state index contributed by atoms with van der Waals surface area (Å²) in [5.41, 5.74) is 6.85. The van der Waals surface area contributed by atoms with Crippen molar-refractivity contribution < 1.29 is 8.98 Å². The number of benzene rings is 3. The number of para-hydroxylation sites is 1. The van der Waals surface area contributed by atoms with Crippen LogP contribution in [0.25, 0.3) is 44.1 Å². The number of aromatic nitrogens is 1. The van der Waals surface area contributed by atoms with E-state index >= 15 is 0 Å². The fourth-order valence-corrected chi connectivity index (χ4v) is 3.92. The van der Waals surface area contributed by atoms with Crippen LogP contribution in [0.15, 0.2) is 71.1 Å². The van der Waals surface area contributed by atoms with E-state index in [2.05, 4.69) is 73.1 Å². The first-order valence-electron chi connectivity index (χ1n) is 8.91. The molecule has 0 radical (unpaired) electrons. The van der Waals surface area contributed by atoms with Gasteiger partial charge in [0.15, 0.2) is 0 Å². The third-order valence-electron chi connectivity index (χ3n) is 5.31. The molecule has 0 bridgehead atoms. The third kappa shape index (κ3) is 2.24. The van der Waals surface area contributed by atoms with Gasteiger partial charge in [-0.25, -0.2) is 0 Å². The van der Waals surface area contributed by atoms with Crippen LogP contribution in [0, 0.1) is 18.3 Å². The van der Waals surface area contributed by atoms with E-state index in [1.807, 2.05) is 12.1 Å². The van der Waals surface area contributed by atoms with Crippen molar-refractivity contribution in [3.8, 4) is 17.3 Å². The summed E-state index contributed by atoms with van der Waals surface area (Å²) in [5.74, 6) is 0. The van der Waals surface area contributed by atoms with Gasteiger partial charge in [-0.2, -0.15) is 9.83 Å². The second kappa shape index (κ2) is 5.69. The summed E-state index contributed by atoms with van der Waals surface area (Å²) in [7, 11) is 2.09. The molecular weight excluding hydrogens is 332 g/mol. The first kappa shape index (κ1) is 15.6. The summed E-state index contributed by atoms with van der Waals surface area (Å²) in [6.45, 7) is 2.11. The molecule has 27 heavy (non-hydrogen) atoms. The van der Waals surface area contributed by atoms with Crippen molar-refractivity contribution in [1.82, 2.24) is 0 Å². The van der Waals surface area contributed by atoms with Gasteiger partial charge in [-0.3, -0.25) is 0 Å². The minimum atomic E-state index is 0.642. The molecule has 2 aromatic heterocycles. The van der Waals surface area contributed by atoms with Crippen molar-refractivity contribution in [3.05, 3.63) is 77.9 Å². The van der Waals surface area contributed by atoms with Gasteiger partial charge in [0.25, 0.3) is 0 Å². The number of pyridine rings is 1. The largest absolute Gasteiger partial charge is 0.455 e. The Morgan fingerprint density at radius 1 is 0.926 bits per heavy atom. The second-order valence-electron chi connectivity index (χ2n) is 6.90. The first-order valence-corrected chi connectivity index (χ1v) is 8.91. The van der Waals surface area contributed by atoms with Crippen molar-refractivity contribution in [3.63, 3.8) is 0 Å². The normalized spacial score (nSPS) is 11.3. The van der Waals surface area contributed by atoms with E-state index < -0.39 is 0 Å². The van der Waals surface area contributed by atoms with Crippen LogP contribution >= 0.6 is 0 Å². The van der Waals surface area contributed by atoms with Gasteiger partial charge in [0, 0.05) is 28.3 Å². The zero-order chi connectivity index (χ0) is 18.5. The Morgan fingerprint density at radius 2 is 1.78 bits per heavy atom. The molecule has 0 fully saturated rings. The van der Waals surface area contributed by atoms with E-state index in [0.29, 0.717) is 5.56 Å². The highest BCUT2D eigenvalue weighted by atomic mass is 16.3. The molecule has 3 heteroatoms. The van der Waals surface area contributed by atoms with Gasteiger partial charge in [-0.05, 0) is 42.8 Å². The highest BCUT2D eigenvalue weighted by Gasteiger charge is 2.21. The molecule has 3 aromatic carbocycles. The predicted octanol–water partition coefficient (Wildman–Crippen LogP) is 5.41. The molecule has 0 aliphatic rings. The number of hydrogen-bond donors (Lipinski definition) is 0. The fourth-order valence-electron chi connectivity index (χ4n) is 3.92. The Bertz CT molecular complexity index is 1400. The standard InChI is InChI=1S/C24H17N2O/c1-15-7-10-18-19-13-16(14-25)8-12-22(19)27-24(18)23(15)21-11-9-17-5-3-4-6-20(17)26(21)2/h3-13H,1-2H3/q+1. The van der Waals surface area contributed by atoms with Gasteiger partial charge in [0.05, 0.1) is 17.2 Å². The minimum absolute atomic E-state index is 0.642. The SMILES string of the molecule is Cc1ccc2c(oc3ccc(C#N)cc32)c1-c1ccc2ccccc2[n+]1C. The molecule has 3 nitrogen and oxygen atoms in total. The van der Waals surface area contributed by atoms with Crippen LogP contribution in [0.1, 0.15) is 11.1 Å². The Hall–Kier alpha value is -3.64. The summed E-state index contributed by atoms with van der Waals surface area (Å²) in [4.78, 5) is 0. The van der Waals surface area contributed by atoms with Gasteiger partial charge in [0.2, 0.25) is 11.2 Å². The van der Waals surface area contributed by atoms with Gasteiger partial charge < -0.3 is 4.42 Å². The van der Waals surface area contributed by atoms with Gasteiger partial charge in [0.1, 0.15) is 18.2 Å². The lowest BCUT2D eigenvalue weighted by atomic mass is 9.99. The van der Waals surface area contributed by atoms with Crippen molar-refractivity contribution in [2.45, 2.75) is 6.92 Å². The number of hydrogen-bond acceptors (Lipinski definition) is 2. The van der Waals surface area contributed by atoms with Crippen LogP contribution in [-0.2, 0) is 7.05 Å². The highest BCUT2D eigenvalue weighted by Crippen LogP contribution is 2.37. The van der Waals surface area contributed by atoms with E-state index in [4.69, 9.17) is 4.42 Å².